The number of carbonyl (C=O) groups is 1. The molecule has 0 saturated carbocycles. The van der Waals surface area contributed by atoms with Crippen molar-refractivity contribution in [1.82, 2.24) is 15.0 Å². The van der Waals surface area contributed by atoms with Crippen molar-refractivity contribution in [3.8, 4) is 5.69 Å². The van der Waals surface area contributed by atoms with Gasteiger partial charge < -0.3 is 5.73 Å². The second kappa shape index (κ2) is 5.16. The van der Waals surface area contributed by atoms with Gasteiger partial charge in [-0.2, -0.15) is 0 Å². The smallest absolute Gasteiger partial charge is 0.215 e. The first-order chi connectivity index (χ1) is 10.2. The Morgan fingerprint density at radius 3 is 2.62 bits per heavy atom. The van der Waals surface area contributed by atoms with Gasteiger partial charge >= 0.3 is 0 Å². The van der Waals surface area contributed by atoms with Gasteiger partial charge in [0.25, 0.3) is 0 Å². The van der Waals surface area contributed by atoms with Gasteiger partial charge in [0.2, 0.25) is 5.78 Å². The predicted molar refractivity (Wildman–Crippen MR) is 75.6 cm³/mol. The van der Waals surface area contributed by atoms with E-state index in [9.17, 15) is 9.18 Å². The Morgan fingerprint density at radius 1 is 1.10 bits per heavy atom. The molecule has 6 heteroatoms. The molecular weight excluding hydrogens is 271 g/mol. The summed E-state index contributed by atoms with van der Waals surface area (Å²) in [6.07, 6.45) is 1.33. The molecule has 0 aliphatic rings. The summed E-state index contributed by atoms with van der Waals surface area (Å²) in [6.45, 7) is 0. The molecule has 1 heterocycles. The number of nitrogens with zero attached hydrogens (tertiary/aromatic N) is 3. The van der Waals surface area contributed by atoms with Crippen LogP contribution in [0.25, 0.3) is 5.69 Å². The van der Waals surface area contributed by atoms with Gasteiger partial charge in [0.1, 0.15) is 11.5 Å². The zero-order valence-corrected chi connectivity index (χ0v) is 10.9. The second-order valence-corrected chi connectivity index (χ2v) is 4.40. The number of rotatable bonds is 3. The fourth-order valence-corrected chi connectivity index (χ4v) is 2.02. The highest BCUT2D eigenvalue weighted by atomic mass is 19.1. The average molecular weight is 282 g/mol. The Kier molecular flexibility index (Phi) is 3.19. The molecule has 0 saturated heterocycles. The van der Waals surface area contributed by atoms with Gasteiger partial charge in [0.15, 0.2) is 0 Å². The summed E-state index contributed by atoms with van der Waals surface area (Å²) < 4.78 is 14.9. The van der Waals surface area contributed by atoms with Crippen molar-refractivity contribution in [3.05, 3.63) is 71.8 Å². The van der Waals surface area contributed by atoms with Gasteiger partial charge in [-0.15, -0.1) is 5.10 Å². The van der Waals surface area contributed by atoms with Crippen molar-refractivity contribution in [3.63, 3.8) is 0 Å². The van der Waals surface area contributed by atoms with Gasteiger partial charge in [-0.05, 0) is 24.3 Å². The molecule has 0 spiro atoms. The molecule has 5 nitrogen and oxygen atoms in total. The van der Waals surface area contributed by atoms with Gasteiger partial charge in [0.05, 0.1) is 23.1 Å². The number of ketones is 1. The quantitative estimate of drug-likeness (QED) is 0.590. The topological polar surface area (TPSA) is 73.8 Å². The summed E-state index contributed by atoms with van der Waals surface area (Å²) in [6, 6.07) is 13.2. The number of para-hydroxylation sites is 2. The van der Waals surface area contributed by atoms with E-state index in [2.05, 4.69) is 10.3 Å². The molecule has 104 valence electrons. The minimum atomic E-state index is -0.625. The number of hydrogen-bond donors (Lipinski definition) is 1. The molecule has 0 amide bonds. The third-order valence-electron chi connectivity index (χ3n) is 3.08. The van der Waals surface area contributed by atoms with Crippen LogP contribution in [0, 0.1) is 5.82 Å². The van der Waals surface area contributed by atoms with Crippen molar-refractivity contribution in [1.29, 1.82) is 0 Å². The summed E-state index contributed by atoms with van der Waals surface area (Å²) in [4.78, 5) is 12.5. The maximum Gasteiger partial charge on any atom is 0.215 e. The second-order valence-electron chi connectivity index (χ2n) is 4.40. The molecule has 3 aromatic rings. The maximum absolute atomic E-state index is 13.5. The third-order valence-corrected chi connectivity index (χ3v) is 3.08. The Labute approximate surface area is 119 Å². The molecule has 3 rings (SSSR count). The molecule has 0 aliphatic heterocycles. The highest BCUT2D eigenvalue weighted by Gasteiger charge is 2.20. The van der Waals surface area contributed by atoms with Crippen LogP contribution in [0.3, 0.4) is 0 Å². The standard InChI is InChI=1S/C15H11FN4O/c16-12-8-4-7-11(14(12)17)15(21)13-9-18-19-20(13)10-5-2-1-3-6-10/h1-9H,17H2. The SMILES string of the molecule is Nc1c(F)cccc1C(=O)c1cnnn1-c1ccccc1. The van der Waals surface area contributed by atoms with E-state index < -0.39 is 11.6 Å². The third kappa shape index (κ3) is 2.27. The first-order valence-corrected chi connectivity index (χ1v) is 6.23. The van der Waals surface area contributed by atoms with Crippen LogP contribution in [-0.4, -0.2) is 20.8 Å². The van der Waals surface area contributed by atoms with Crippen LogP contribution >= 0.6 is 0 Å². The molecule has 0 fully saturated rings. The fraction of sp³-hybridized carbons (Fsp3) is 0. The van der Waals surface area contributed by atoms with Crippen LogP contribution in [0.15, 0.2) is 54.7 Å². The van der Waals surface area contributed by atoms with Crippen LogP contribution in [0.2, 0.25) is 0 Å². The normalized spacial score (nSPS) is 10.5. The van der Waals surface area contributed by atoms with Crippen molar-refractivity contribution in [2.75, 3.05) is 5.73 Å². The van der Waals surface area contributed by atoms with Gasteiger partial charge in [-0.3, -0.25) is 4.79 Å². The lowest BCUT2D eigenvalue weighted by Crippen LogP contribution is -2.12. The predicted octanol–water partition coefficient (Wildman–Crippen LogP) is 2.22. The zero-order chi connectivity index (χ0) is 14.8. The Balaban J connectivity index is 2.08. The van der Waals surface area contributed by atoms with Crippen molar-refractivity contribution < 1.29 is 9.18 Å². The lowest BCUT2D eigenvalue weighted by molar-refractivity contribution is 0.103. The molecule has 21 heavy (non-hydrogen) atoms. The Morgan fingerprint density at radius 2 is 1.86 bits per heavy atom. The number of carbonyl (C=O) groups excluding carboxylic acids is 1. The number of anilines is 1. The van der Waals surface area contributed by atoms with Crippen LogP contribution < -0.4 is 5.73 Å². The summed E-state index contributed by atoms with van der Waals surface area (Å²) >= 11 is 0. The van der Waals surface area contributed by atoms with E-state index in [1.807, 2.05) is 18.2 Å². The molecule has 0 radical (unpaired) electrons. The highest BCUT2D eigenvalue weighted by Crippen LogP contribution is 2.20. The minimum Gasteiger partial charge on any atom is -0.396 e. The van der Waals surface area contributed by atoms with Gasteiger partial charge in [0, 0.05) is 0 Å². The number of aromatic nitrogens is 3. The molecule has 0 atom stereocenters. The largest absolute Gasteiger partial charge is 0.396 e. The minimum absolute atomic E-state index is 0.0921. The molecule has 0 bridgehead atoms. The molecule has 1 aromatic heterocycles. The van der Waals surface area contributed by atoms with Gasteiger partial charge in [-0.1, -0.05) is 29.5 Å². The van der Waals surface area contributed by atoms with E-state index in [0.29, 0.717) is 5.69 Å². The van der Waals surface area contributed by atoms with Crippen molar-refractivity contribution >= 4 is 11.5 Å². The van der Waals surface area contributed by atoms with E-state index in [0.717, 1.165) is 0 Å². The molecule has 2 aromatic carbocycles. The summed E-state index contributed by atoms with van der Waals surface area (Å²) in [7, 11) is 0. The van der Waals surface area contributed by atoms with E-state index in [-0.39, 0.29) is 16.9 Å². The molecule has 0 aliphatic carbocycles. The lowest BCUT2D eigenvalue weighted by atomic mass is 10.1. The van der Waals surface area contributed by atoms with E-state index >= 15 is 0 Å². The highest BCUT2D eigenvalue weighted by molar-refractivity contribution is 6.11. The number of nitrogen functional groups attached to an aromatic ring is 1. The number of benzene rings is 2. The molecular formula is C15H11FN4O. The summed E-state index contributed by atoms with van der Waals surface area (Å²) in [5.74, 6) is -1.06. The first kappa shape index (κ1) is 13.0. The Bertz CT molecular complexity index is 798. The van der Waals surface area contributed by atoms with Crippen LogP contribution in [0.1, 0.15) is 16.1 Å². The van der Waals surface area contributed by atoms with Crippen LogP contribution in [0.5, 0.6) is 0 Å². The van der Waals surface area contributed by atoms with Gasteiger partial charge in [-0.25, -0.2) is 9.07 Å². The van der Waals surface area contributed by atoms with Crippen molar-refractivity contribution in [2.24, 2.45) is 0 Å². The lowest BCUT2D eigenvalue weighted by Gasteiger charge is -2.07. The monoisotopic (exact) mass is 282 g/mol. The molecule has 2 N–H and O–H groups in total. The summed E-state index contributed by atoms with van der Waals surface area (Å²) in [5, 5.41) is 7.65. The molecule has 0 unspecified atom stereocenters. The number of halogens is 1. The average Bonchev–Trinajstić information content (AvgIpc) is 3.00. The van der Waals surface area contributed by atoms with E-state index in [1.165, 1.54) is 29.1 Å². The fourth-order valence-electron chi connectivity index (χ4n) is 2.02. The summed E-state index contributed by atoms with van der Waals surface area (Å²) in [5.41, 5.74) is 6.46. The van der Waals surface area contributed by atoms with Crippen molar-refractivity contribution in [2.45, 2.75) is 0 Å². The first-order valence-electron chi connectivity index (χ1n) is 6.23. The maximum atomic E-state index is 13.5. The van der Waals surface area contributed by atoms with Crippen LogP contribution in [-0.2, 0) is 0 Å². The zero-order valence-electron chi connectivity index (χ0n) is 10.9. The Hall–Kier alpha value is -3.02. The van der Waals surface area contributed by atoms with Crippen LogP contribution in [0.4, 0.5) is 10.1 Å². The van der Waals surface area contributed by atoms with E-state index in [4.69, 9.17) is 5.73 Å². The van der Waals surface area contributed by atoms with E-state index in [1.54, 1.807) is 12.1 Å². The number of nitrogens with two attached hydrogens (primary N) is 1. The number of hydrogen-bond acceptors (Lipinski definition) is 4.